The van der Waals surface area contributed by atoms with E-state index in [2.05, 4.69) is 15.4 Å². The Balaban J connectivity index is 1.58. The second kappa shape index (κ2) is 8.94. The zero-order valence-electron chi connectivity index (χ0n) is 15.9. The van der Waals surface area contributed by atoms with Crippen molar-refractivity contribution in [3.05, 3.63) is 52.5 Å². The number of hydrogen-bond acceptors (Lipinski definition) is 4. The highest BCUT2D eigenvalue weighted by Crippen LogP contribution is 2.25. The van der Waals surface area contributed by atoms with Crippen molar-refractivity contribution in [1.82, 2.24) is 4.72 Å². The van der Waals surface area contributed by atoms with E-state index in [-0.39, 0.29) is 29.7 Å². The third-order valence-corrected chi connectivity index (χ3v) is 6.48. The normalized spacial score (nSPS) is 13.9. The molecule has 0 atom stereocenters. The summed E-state index contributed by atoms with van der Waals surface area (Å²) >= 11 is 6.03. The first kappa shape index (κ1) is 21.3. The van der Waals surface area contributed by atoms with Crippen LogP contribution in [0.1, 0.15) is 30.4 Å². The highest BCUT2D eigenvalue weighted by molar-refractivity contribution is 7.89. The fraction of sp³-hybridized carbons (Fsp3) is 0.300. The number of rotatable bonds is 6. The molecule has 1 heterocycles. The van der Waals surface area contributed by atoms with Crippen LogP contribution in [-0.2, 0) is 26.0 Å². The molecular formula is C20H22ClN3O4S. The molecule has 0 radical (unpaired) electrons. The van der Waals surface area contributed by atoms with Gasteiger partial charge in [-0.1, -0.05) is 17.7 Å². The lowest BCUT2D eigenvalue weighted by molar-refractivity contribution is -0.116. The maximum atomic E-state index is 12.5. The molecule has 9 heteroatoms. The zero-order chi connectivity index (χ0) is 21.0. The number of aryl methyl sites for hydroxylation is 2. The third-order valence-electron chi connectivity index (χ3n) is 4.61. The topological polar surface area (TPSA) is 104 Å². The molecule has 0 saturated carbocycles. The Morgan fingerprint density at radius 3 is 2.72 bits per heavy atom. The van der Waals surface area contributed by atoms with Crippen LogP contribution < -0.4 is 15.4 Å². The van der Waals surface area contributed by atoms with Gasteiger partial charge in [0, 0.05) is 35.8 Å². The summed E-state index contributed by atoms with van der Waals surface area (Å²) in [6.45, 7) is 1.82. The molecule has 7 nitrogen and oxygen atoms in total. The van der Waals surface area contributed by atoms with Crippen molar-refractivity contribution >= 4 is 44.8 Å². The SMILES string of the molecule is Cc1ccc(NC(=O)CCNS(=O)(=O)c2ccc3c(c2)CCCC(=O)N3)cc1Cl. The van der Waals surface area contributed by atoms with Crippen LogP contribution in [0.2, 0.25) is 5.02 Å². The number of carbonyl (C=O) groups is 2. The third kappa shape index (κ3) is 5.56. The molecule has 0 fully saturated rings. The van der Waals surface area contributed by atoms with Crippen LogP contribution in [0.3, 0.4) is 0 Å². The Bertz CT molecular complexity index is 1050. The van der Waals surface area contributed by atoms with Crippen LogP contribution in [0.25, 0.3) is 0 Å². The van der Waals surface area contributed by atoms with E-state index in [4.69, 9.17) is 11.6 Å². The van der Waals surface area contributed by atoms with Crippen LogP contribution in [0.4, 0.5) is 11.4 Å². The highest BCUT2D eigenvalue weighted by atomic mass is 35.5. The molecule has 1 aliphatic rings. The standard InChI is InChI=1S/C20H22ClN3O4S/c1-13-5-6-15(12-17(13)21)23-20(26)9-10-22-29(27,28)16-7-8-18-14(11-16)3-2-4-19(25)24-18/h5-8,11-12,22H,2-4,9-10H2,1H3,(H,23,26)(H,24,25). The average Bonchev–Trinajstić information content (AvgIpc) is 2.84. The molecule has 1 aliphatic heterocycles. The summed E-state index contributed by atoms with van der Waals surface area (Å²) in [5.41, 5.74) is 2.88. The largest absolute Gasteiger partial charge is 0.326 e. The summed E-state index contributed by atoms with van der Waals surface area (Å²) in [6.07, 6.45) is 1.68. The molecule has 2 aromatic rings. The van der Waals surface area contributed by atoms with E-state index in [9.17, 15) is 18.0 Å². The van der Waals surface area contributed by atoms with Gasteiger partial charge < -0.3 is 10.6 Å². The minimum Gasteiger partial charge on any atom is -0.326 e. The lowest BCUT2D eigenvalue weighted by Crippen LogP contribution is -2.28. The van der Waals surface area contributed by atoms with E-state index >= 15 is 0 Å². The average molecular weight is 436 g/mol. The maximum Gasteiger partial charge on any atom is 0.240 e. The summed E-state index contributed by atoms with van der Waals surface area (Å²) in [7, 11) is -3.76. The smallest absolute Gasteiger partial charge is 0.240 e. The van der Waals surface area contributed by atoms with E-state index in [0.717, 1.165) is 11.1 Å². The number of halogens is 1. The molecule has 3 N–H and O–H groups in total. The van der Waals surface area contributed by atoms with Crippen molar-refractivity contribution < 1.29 is 18.0 Å². The first-order chi connectivity index (χ1) is 13.7. The van der Waals surface area contributed by atoms with Crippen molar-refractivity contribution in [2.45, 2.75) is 37.5 Å². The molecular weight excluding hydrogens is 414 g/mol. The summed E-state index contributed by atoms with van der Waals surface area (Å²) < 4.78 is 27.5. The van der Waals surface area contributed by atoms with Gasteiger partial charge >= 0.3 is 0 Å². The number of amides is 2. The van der Waals surface area contributed by atoms with Gasteiger partial charge in [0.05, 0.1) is 4.90 Å². The van der Waals surface area contributed by atoms with Gasteiger partial charge in [-0.05, 0) is 61.2 Å². The van der Waals surface area contributed by atoms with E-state index < -0.39 is 10.0 Å². The van der Waals surface area contributed by atoms with Gasteiger partial charge in [-0.3, -0.25) is 9.59 Å². The molecule has 0 saturated heterocycles. The molecule has 2 amide bonds. The Hall–Kier alpha value is -2.42. The predicted octanol–water partition coefficient (Wildman–Crippen LogP) is 3.23. The highest BCUT2D eigenvalue weighted by Gasteiger charge is 2.19. The molecule has 0 unspecified atom stereocenters. The quantitative estimate of drug-likeness (QED) is 0.647. The van der Waals surface area contributed by atoms with E-state index in [0.29, 0.717) is 35.7 Å². The number of sulfonamides is 1. The number of anilines is 2. The van der Waals surface area contributed by atoms with Crippen molar-refractivity contribution in [2.24, 2.45) is 0 Å². The zero-order valence-corrected chi connectivity index (χ0v) is 17.5. The number of benzene rings is 2. The Labute approximate surface area is 174 Å². The lowest BCUT2D eigenvalue weighted by atomic mass is 10.1. The molecule has 0 aromatic heterocycles. The van der Waals surface area contributed by atoms with Gasteiger partial charge in [0.25, 0.3) is 0 Å². The molecule has 154 valence electrons. The van der Waals surface area contributed by atoms with Crippen molar-refractivity contribution in [2.75, 3.05) is 17.2 Å². The molecule has 0 spiro atoms. The molecule has 2 aromatic carbocycles. The van der Waals surface area contributed by atoms with Crippen molar-refractivity contribution in [1.29, 1.82) is 0 Å². The summed E-state index contributed by atoms with van der Waals surface area (Å²) in [4.78, 5) is 23.8. The maximum absolute atomic E-state index is 12.5. The van der Waals surface area contributed by atoms with Crippen molar-refractivity contribution in [3.63, 3.8) is 0 Å². The van der Waals surface area contributed by atoms with E-state index in [1.54, 1.807) is 30.3 Å². The van der Waals surface area contributed by atoms with Crippen LogP contribution in [-0.4, -0.2) is 26.8 Å². The van der Waals surface area contributed by atoms with Gasteiger partial charge in [0.15, 0.2) is 0 Å². The molecule has 3 rings (SSSR count). The van der Waals surface area contributed by atoms with Crippen LogP contribution in [0.5, 0.6) is 0 Å². The second-order valence-corrected chi connectivity index (χ2v) is 9.05. The molecule has 0 bridgehead atoms. The number of hydrogen-bond donors (Lipinski definition) is 3. The van der Waals surface area contributed by atoms with Gasteiger partial charge in [-0.2, -0.15) is 0 Å². The monoisotopic (exact) mass is 435 g/mol. The first-order valence-electron chi connectivity index (χ1n) is 9.23. The first-order valence-corrected chi connectivity index (χ1v) is 11.1. The Morgan fingerprint density at radius 1 is 1.17 bits per heavy atom. The van der Waals surface area contributed by atoms with Gasteiger partial charge in [-0.15, -0.1) is 0 Å². The summed E-state index contributed by atoms with van der Waals surface area (Å²) in [5, 5.41) is 6.01. The number of nitrogens with one attached hydrogen (secondary N) is 3. The second-order valence-electron chi connectivity index (χ2n) is 6.88. The van der Waals surface area contributed by atoms with Gasteiger partial charge in [0.1, 0.15) is 0 Å². The molecule has 0 aliphatic carbocycles. The molecule has 29 heavy (non-hydrogen) atoms. The number of fused-ring (bicyclic) bond motifs is 1. The fourth-order valence-corrected chi connectivity index (χ4v) is 4.26. The number of carbonyl (C=O) groups excluding carboxylic acids is 2. The van der Waals surface area contributed by atoms with Crippen LogP contribution >= 0.6 is 11.6 Å². The van der Waals surface area contributed by atoms with Gasteiger partial charge in [0.2, 0.25) is 21.8 Å². The minimum atomic E-state index is -3.76. The predicted molar refractivity (Wildman–Crippen MR) is 113 cm³/mol. The van der Waals surface area contributed by atoms with Crippen LogP contribution in [0.15, 0.2) is 41.3 Å². The van der Waals surface area contributed by atoms with E-state index in [1.165, 1.54) is 6.07 Å². The minimum absolute atomic E-state index is 0.0221. The Kier molecular flexibility index (Phi) is 6.56. The lowest BCUT2D eigenvalue weighted by Gasteiger charge is -2.11. The van der Waals surface area contributed by atoms with Crippen molar-refractivity contribution in [3.8, 4) is 0 Å². The van der Waals surface area contributed by atoms with Gasteiger partial charge in [-0.25, -0.2) is 13.1 Å². The summed E-state index contributed by atoms with van der Waals surface area (Å²) in [5.74, 6) is -0.393. The van der Waals surface area contributed by atoms with Crippen LogP contribution in [0, 0.1) is 6.92 Å². The Morgan fingerprint density at radius 2 is 1.97 bits per heavy atom. The summed E-state index contributed by atoms with van der Waals surface area (Å²) in [6, 6.07) is 9.78. The fourth-order valence-electron chi connectivity index (χ4n) is 2.99. The van der Waals surface area contributed by atoms with E-state index in [1.807, 2.05) is 6.92 Å².